The Labute approximate surface area is 54.5 Å². The SMILES string of the molecule is C#CCn1c[c]c(C)n1. The van der Waals surface area contributed by atoms with Crippen molar-refractivity contribution < 1.29 is 0 Å². The predicted molar refractivity (Wildman–Crippen MR) is 34.6 cm³/mol. The number of aryl methyl sites for hydroxylation is 1. The second-order valence-electron chi connectivity index (χ2n) is 1.76. The average molecular weight is 119 g/mol. The molecule has 0 atom stereocenters. The maximum atomic E-state index is 5.05. The van der Waals surface area contributed by atoms with Crippen LogP contribution in [0.2, 0.25) is 0 Å². The fraction of sp³-hybridized carbons (Fsp3) is 0.286. The Morgan fingerprint density at radius 3 is 3.22 bits per heavy atom. The lowest BCUT2D eigenvalue weighted by Crippen LogP contribution is -1.95. The highest BCUT2D eigenvalue weighted by Gasteiger charge is 1.88. The van der Waals surface area contributed by atoms with Crippen molar-refractivity contribution in [3.8, 4) is 12.3 Å². The molecule has 1 rings (SSSR count). The highest BCUT2D eigenvalue weighted by molar-refractivity contribution is 4.94. The van der Waals surface area contributed by atoms with Crippen LogP contribution in [0, 0.1) is 25.3 Å². The van der Waals surface area contributed by atoms with Gasteiger partial charge in [0.1, 0.15) is 6.54 Å². The minimum atomic E-state index is 0.532. The van der Waals surface area contributed by atoms with Crippen LogP contribution in [0.4, 0.5) is 0 Å². The Balaban J connectivity index is 2.76. The van der Waals surface area contributed by atoms with Gasteiger partial charge in [-0.15, -0.1) is 6.42 Å². The Hall–Kier alpha value is -1.23. The normalized spacial score (nSPS) is 8.89. The van der Waals surface area contributed by atoms with Crippen molar-refractivity contribution in [3.05, 3.63) is 18.0 Å². The smallest absolute Gasteiger partial charge is 0.101 e. The molecule has 0 aliphatic carbocycles. The lowest BCUT2D eigenvalue weighted by atomic mass is 10.5. The molecule has 0 unspecified atom stereocenters. The Morgan fingerprint density at radius 1 is 2.00 bits per heavy atom. The van der Waals surface area contributed by atoms with Gasteiger partial charge in [-0.2, -0.15) is 5.10 Å². The molecule has 45 valence electrons. The molecule has 0 aliphatic heterocycles. The quantitative estimate of drug-likeness (QED) is 0.496. The topological polar surface area (TPSA) is 17.8 Å². The first-order chi connectivity index (χ1) is 4.33. The van der Waals surface area contributed by atoms with Gasteiger partial charge in [0.05, 0.1) is 5.69 Å². The number of rotatable bonds is 1. The van der Waals surface area contributed by atoms with Gasteiger partial charge in [0.15, 0.2) is 0 Å². The van der Waals surface area contributed by atoms with E-state index in [0.29, 0.717) is 6.54 Å². The number of hydrogen-bond acceptors (Lipinski definition) is 1. The van der Waals surface area contributed by atoms with Crippen molar-refractivity contribution >= 4 is 0 Å². The summed E-state index contributed by atoms with van der Waals surface area (Å²) in [5.74, 6) is 2.48. The summed E-state index contributed by atoms with van der Waals surface area (Å²) in [6.45, 7) is 2.41. The second kappa shape index (κ2) is 2.36. The highest BCUT2D eigenvalue weighted by atomic mass is 15.3. The zero-order valence-electron chi connectivity index (χ0n) is 5.26. The molecule has 0 N–H and O–H groups in total. The first-order valence-corrected chi connectivity index (χ1v) is 2.68. The summed E-state index contributed by atoms with van der Waals surface area (Å²) in [4.78, 5) is 0. The summed E-state index contributed by atoms with van der Waals surface area (Å²) >= 11 is 0. The standard InChI is InChI=1S/C7H7N2/c1-3-5-9-6-4-7(2)8-9/h1,6H,5H2,2H3. The van der Waals surface area contributed by atoms with Gasteiger partial charge in [-0.3, -0.25) is 4.68 Å². The lowest BCUT2D eigenvalue weighted by Gasteiger charge is -1.88. The monoisotopic (exact) mass is 119 g/mol. The summed E-state index contributed by atoms with van der Waals surface area (Å²) in [6.07, 6.45) is 6.79. The summed E-state index contributed by atoms with van der Waals surface area (Å²) in [7, 11) is 0. The van der Waals surface area contributed by atoms with Crippen LogP contribution in [0.5, 0.6) is 0 Å². The number of terminal acetylenes is 1. The van der Waals surface area contributed by atoms with E-state index in [4.69, 9.17) is 6.42 Å². The van der Waals surface area contributed by atoms with E-state index in [0.717, 1.165) is 5.69 Å². The van der Waals surface area contributed by atoms with Crippen LogP contribution in [0.3, 0.4) is 0 Å². The van der Waals surface area contributed by atoms with Crippen LogP contribution >= 0.6 is 0 Å². The van der Waals surface area contributed by atoms with E-state index in [-0.39, 0.29) is 0 Å². The third-order valence-corrected chi connectivity index (χ3v) is 0.954. The molecule has 1 heterocycles. The number of aromatic nitrogens is 2. The third kappa shape index (κ3) is 1.33. The molecular weight excluding hydrogens is 112 g/mol. The van der Waals surface area contributed by atoms with Gasteiger partial charge in [0.2, 0.25) is 0 Å². The van der Waals surface area contributed by atoms with E-state index in [1.807, 2.05) is 6.92 Å². The van der Waals surface area contributed by atoms with E-state index in [1.54, 1.807) is 10.9 Å². The maximum absolute atomic E-state index is 5.05. The van der Waals surface area contributed by atoms with Crippen molar-refractivity contribution in [3.63, 3.8) is 0 Å². The van der Waals surface area contributed by atoms with Gasteiger partial charge in [-0.25, -0.2) is 0 Å². The van der Waals surface area contributed by atoms with Crippen LogP contribution < -0.4 is 0 Å². The van der Waals surface area contributed by atoms with Gasteiger partial charge in [0.25, 0.3) is 0 Å². The van der Waals surface area contributed by atoms with Crippen LogP contribution in [0.25, 0.3) is 0 Å². The minimum Gasteiger partial charge on any atom is -0.260 e. The molecule has 1 aromatic rings. The molecule has 9 heavy (non-hydrogen) atoms. The van der Waals surface area contributed by atoms with E-state index < -0.39 is 0 Å². The molecule has 0 aliphatic rings. The molecule has 0 amide bonds. The molecular formula is C7H7N2. The van der Waals surface area contributed by atoms with Gasteiger partial charge >= 0.3 is 0 Å². The molecule has 0 spiro atoms. The molecule has 1 radical (unpaired) electrons. The molecule has 0 saturated heterocycles. The van der Waals surface area contributed by atoms with Gasteiger partial charge in [-0.1, -0.05) is 5.92 Å². The van der Waals surface area contributed by atoms with E-state index in [9.17, 15) is 0 Å². The Bertz CT molecular complexity index is 229. The van der Waals surface area contributed by atoms with E-state index in [2.05, 4.69) is 17.1 Å². The fourth-order valence-electron chi connectivity index (χ4n) is 0.593. The maximum Gasteiger partial charge on any atom is 0.101 e. The van der Waals surface area contributed by atoms with Crippen molar-refractivity contribution in [1.82, 2.24) is 9.78 Å². The van der Waals surface area contributed by atoms with E-state index in [1.165, 1.54) is 0 Å². The van der Waals surface area contributed by atoms with Crippen LogP contribution in [0.15, 0.2) is 6.20 Å². The molecule has 0 bridgehead atoms. The first kappa shape index (κ1) is 5.90. The Kier molecular flexibility index (Phi) is 1.55. The minimum absolute atomic E-state index is 0.532. The molecule has 0 aromatic carbocycles. The zero-order valence-corrected chi connectivity index (χ0v) is 5.26. The van der Waals surface area contributed by atoms with Gasteiger partial charge < -0.3 is 0 Å². The fourth-order valence-corrected chi connectivity index (χ4v) is 0.593. The predicted octanol–water partition coefficient (Wildman–Crippen LogP) is 0.625. The summed E-state index contributed by atoms with van der Waals surface area (Å²) in [5, 5.41) is 4.02. The van der Waals surface area contributed by atoms with E-state index >= 15 is 0 Å². The number of hydrogen-bond donors (Lipinski definition) is 0. The molecule has 1 aromatic heterocycles. The van der Waals surface area contributed by atoms with Crippen molar-refractivity contribution in [1.29, 1.82) is 0 Å². The largest absolute Gasteiger partial charge is 0.260 e. The molecule has 0 saturated carbocycles. The van der Waals surface area contributed by atoms with Crippen molar-refractivity contribution in [2.45, 2.75) is 13.5 Å². The molecule has 2 nitrogen and oxygen atoms in total. The summed E-state index contributed by atoms with van der Waals surface area (Å²) in [6, 6.07) is 2.91. The van der Waals surface area contributed by atoms with Crippen molar-refractivity contribution in [2.24, 2.45) is 0 Å². The summed E-state index contributed by atoms with van der Waals surface area (Å²) < 4.78 is 1.68. The van der Waals surface area contributed by atoms with Gasteiger partial charge in [0, 0.05) is 12.3 Å². The zero-order chi connectivity index (χ0) is 6.69. The lowest BCUT2D eigenvalue weighted by molar-refractivity contribution is 0.707. The third-order valence-electron chi connectivity index (χ3n) is 0.954. The van der Waals surface area contributed by atoms with Crippen LogP contribution in [-0.4, -0.2) is 9.78 Å². The van der Waals surface area contributed by atoms with Crippen molar-refractivity contribution in [2.75, 3.05) is 0 Å². The highest BCUT2D eigenvalue weighted by Crippen LogP contribution is 1.89. The van der Waals surface area contributed by atoms with Gasteiger partial charge in [-0.05, 0) is 6.92 Å². The van der Waals surface area contributed by atoms with Crippen LogP contribution in [0.1, 0.15) is 5.69 Å². The summed E-state index contributed by atoms with van der Waals surface area (Å²) in [5.41, 5.74) is 0.880. The van der Waals surface area contributed by atoms with Crippen LogP contribution in [-0.2, 0) is 6.54 Å². The molecule has 2 heteroatoms. The Morgan fingerprint density at radius 2 is 2.78 bits per heavy atom. The first-order valence-electron chi connectivity index (χ1n) is 2.68. The average Bonchev–Trinajstić information content (AvgIpc) is 2.17. The second-order valence-corrected chi connectivity index (χ2v) is 1.76. The molecule has 0 fully saturated rings. The number of nitrogens with zero attached hydrogens (tertiary/aromatic N) is 2.